The summed E-state index contributed by atoms with van der Waals surface area (Å²) in [5.74, 6) is 0.283. The Bertz CT molecular complexity index is 608. The van der Waals surface area contributed by atoms with Crippen molar-refractivity contribution in [1.82, 2.24) is 19.5 Å². The van der Waals surface area contributed by atoms with Gasteiger partial charge in [-0.3, -0.25) is 14.3 Å². The van der Waals surface area contributed by atoms with Crippen LogP contribution in [-0.4, -0.2) is 49.0 Å². The first-order valence-corrected chi connectivity index (χ1v) is 6.02. The lowest BCUT2D eigenvalue weighted by Gasteiger charge is -2.12. The second-order valence-electron chi connectivity index (χ2n) is 3.73. The van der Waals surface area contributed by atoms with Crippen molar-refractivity contribution in [3.63, 3.8) is 0 Å². The lowest BCUT2D eigenvalue weighted by atomic mass is 10.4. The minimum absolute atomic E-state index is 0.0229. The first-order valence-electron chi connectivity index (χ1n) is 5.44. The minimum Gasteiger partial charge on any atom is -0.394 e. The first-order chi connectivity index (χ1) is 9.19. The smallest absolute Gasteiger partial charge is 0.280 e. The highest BCUT2D eigenvalue weighted by Gasteiger charge is 2.11. The molecule has 0 aliphatic heterocycles. The molecule has 2 rings (SSSR count). The normalized spacial score (nSPS) is 11.4. The standard InChI is InChI=1S/C9H14N5O4P/c15-1-5(2-16)18-4-14-3-10-6-7(14)11-9(13-19)12-8(6)17/h3,5,15-16H,1-2,4,19H2,(H2,11,12,13,17). The van der Waals surface area contributed by atoms with E-state index in [0.29, 0.717) is 5.65 Å². The Morgan fingerprint density at radius 3 is 2.89 bits per heavy atom. The van der Waals surface area contributed by atoms with Gasteiger partial charge in [0.15, 0.2) is 11.2 Å². The minimum atomic E-state index is -0.682. The Morgan fingerprint density at radius 1 is 1.53 bits per heavy atom. The molecule has 19 heavy (non-hydrogen) atoms. The summed E-state index contributed by atoms with van der Waals surface area (Å²) in [5, 5.41) is 20.5. The largest absolute Gasteiger partial charge is 0.394 e. The molecule has 0 aromatic carbocycles. The third kappa shape index (κ3) is 2.90. The Kier molecular flexibility index (Phi) is 4.43. The van der Waals surface area contributed by atoms with Gasteiger partial charge >= 0.3 is 0 Å². The van der Waals surface area contributed by atoms with E-state index in [-0.39, 0.29) is 37.0 Å². The van der Waals surface area contributed by atoms with Crippen molar-refractivity contribution < 1.29 is 14.9 Å². The summed E-state index contributed by atoms with van der Waals surface area (Å²) in [7, 11) is 2.23. The molecule has 9 nitrogen and oxygen atoms in total. The molecule has 1 atom stereocenters. The summed E-state index contributed by atoms with van der Waals surface area (Å²) >= 11 is 0. The van der Waals surface area contributed by atoms with Gasteiger partial charge in [-0.1, -0.05) is 0 Å². The van der Waals surface area contributed by atoms with Gasteiger partial charge in [0.25, 0.3) is 5.56 Å². The van der Waals surface area contributed by atoms with E-state index in [0.717, 1.165) is 0 Å². The molecule has 0 aliphatic rings. The van der Waals surface area contributed by atoms with E-state index in [1.165, 1.54) is 10.9 Å². The molecule has 2 aromatic rings. The van der Waals surface area contributed by atoms with Crippen LogP contribution in [0.4, 0.5) is 5.95 Å². The number of imidazole rings is 1. The lowest BCUT2D eigenvalue weighted by molar-refractivity contribution is -0.0488. The number of H-pyrrole nitrogens is 1. The third-order valence-electron chi connectivity index (χ3n) is 2.47. The van der Waals surface area contributed by atoms with Crippen molar-refractivity contribution in [2.45, 2.75) is 12.8 Å². The Morgan fingerprint density at radius 2 is 2.26 bits per heavy atom. The number of fused-ring (bicyclic) bond motifs is 1. The zero-order valence-corrected chi connectivity index (χ0v) is 11.1. The van der Waals surface area contributed by atoms with Crippen molar-refractivity contribution in [1.29, 1.82) is 0 Å². The average Bonchev–Trinajstić information content (AvgIpc) is 2.83. The second-order valence-corrected chi connectivity index (χ2v) is 4.02. The van der Waals surface area contributed by atoms with Gasteiger partial charge in [-0.15, -0.1) is 0 Å². The molecule has 10 heteroatoms. The summed E-state index contributed by atoms with van der Waals surface area (Å²) in [5.41, 5.74) is 0.176. The summed E-state index contributed by atoms with van der Waals surface area (Å²) in [6, 6.07) is 0. The number of hydrogen-bond donors (Lipinski definition) is 4. The number of rotatable bonds is 6. The zero-order valence-electron chi connectivity index (χ0n) is 9.91. The second kappa shape index (κ2) is 6.07. The quantitative estimate of drug-likeness (QED) is 0.484. The van der Waals surface area contributed by atoms with Gasteiger partial charge < -0.3 is 20.0 Å². The van der Waals surface area contributed by atoms with Gasteiger partial charge in [-0.05, 0) is 9.39 Å². The summed E-state index contributed by atoms with van der Waals surface area (Å²) < 4.78 is 6.76. The highest BCUT2D eigenvalue weighted by Crippen LogP contribution is 2.09. The maximum absolute atomic E-state index is 11.7. The third-order valence-corrected chi connectivity index (χ3v) is 2.74. The topological polar surface area (TPSA) is 125 Å². The molecular formula is C9H14N5O4P. The number of anilines is 1. The van der Waals surface area contributed by atoms with Gasteiger partial charge in [-0.2, -0.15) is 4.98 Å². The molecule has 1 unspecified atom stereocenters. The van der Waals surface area contributed by atoms with Crippen molar-refractivity contribution in [3.05, 3.63) is 16.7 Å². The molecule has 0 radical (unpaired) electrons. The van der Waals surface area contributed by atoms with E-state index in [1.807, 2.05) is 0 Å². The van der Waals surface area contributed by atoms with Gasteiger partial charge in [-0.25, -0.2) is 4.98 Å². The molecule has 104 valence electrons. The molecule has 0 aliphatic carbocycles. The van der Waals surface area contributed by atoms with Crippen LogP contribution in [-0.2, 0) is 11.5 Å². The zero-order chi connectivity index (χ0) is 13.8. The summed E-state index contributed by atoms with van der Waals surface area (Å²) in [6.45, 7) is -0.569. The molecule has 2 heterocycles. The average molecular weight is 287 g/mol. The van der Waals surface area contributed by atoms with Crippen LogP contribution in [0, 0.1) is 0 Å². The van der Waals surface area contributed by atoms with Gasteiger partial charge in [0.1, 0.15) is 12.8 Å². The highest BCUT2D eigenvalue weighted by molar-refractivity contribution is 7.18. The molecule has 0 fully saturated rings. The highest BCUT2D eigenvalue weighted by atomic mass is 31.0. The maximum Gasteiger partial charge on any atom is 0.280 e. The van der Waals surface area contributed by atoms with Crippen molar-refractivity contribution in [3.8, 4) is 0 Å². The van der Waals surface area contributed by atoms with E-state index >= 15 is 0 Å². The van der Waals surface area contributed by atoms with E-state index < -0.39 is 6.10 Å². The van der Waals surface area contributed by atoms with Crippen LogP contribution < -0.4 is 10.6 Å². The predicted octanol–water partition coefficient (Wildman–Crippen LogP) is -1.35. The molecule has 0 saturated carbocycles. The van der Waals surface area contributed by atoms with Crippen LogP contribution in [0.25, 0.3) is 11.2 Å². The Balaban J connectivity index is 2.29. The van der Waals surface area contributed by atoms with E-state index in [4.69, 9.17) is 14.9 Å². The van der Waals surface area contributed by atoms with Crippen LogP contribution in [0.5, 0.6) is 0 Å². The monoisotopic (exact) mass is 287 g/mol. The number of aliphatic hydroxyl groups is 2. The molecule has 0 bridgehead atoms. The molecule has 4 N–H and O–H groups in total. The predicted molar refractivity (Wildman–Crippen MR) is 70.5 cm³/mol. The Hall–Kier alpha value is -1.54. The van der Waals surface area contributed by atoms with Gasteiger partial charge in [0.05, 0.1) is 19.5 Å². The van der Waals surface area contributed by atoms with E-state index in [2.05, 4.69) is 29.4 Å². The fraction of sp³-hybridized carbons (Fsp3) is 0.444. The van der Waals surface area contributed by atoms with Gasteiger partial charge in [0.2, 0.25) is 5.95 Å². The number of aromatic nitrogens is 4. The van der Waals surface area contributed by atoms with Crippen LogP contribution >= 0.6 is 9.39 Å². The van der Waals surface area contributed by atoms with E-state index in [9.17, 15) is 4.79 Å². The number of aliphatic hydroxyl groups excluding tert-OH is 2. The molecule has 0 saturated heterocycles. The molecular weight excluding hydrogens is 273 g/mol. The molecule has 0 spiro atoms. The fourth-order valence-electron chi connectivity index (χ4n) is 1.47. The Labute approximate surface area is 109 Å². The van der Waals surface area contributed by atoms with E-state index in [1.54, 1.807) is 0 Å². The van der Waals surface area contributed by atoms with Crippen LogP contribution in [0.15, 0.2) is 11.1 Å². The number of nitrogens with one attached hydrogen (secondary N) is 2. The number of ether oxygens (including phenoxy) is 1. The number of hydrogen-bond acceptors (Lipinski definition) is 7. The summed E-state index contributed by atoms with van der Waals surface area (Å²) in [4.78, 5) is 22.3. The van der Waals surface area contributed by atoms with Crippen molar-refractivity contribution >= 4 is 26.5 Å². The van der Waals surface area contributed by atoms with Crippen molar-refractivity contribution in [2.24, 2.45) is 0 Å². The summed E-state index contributed by atoms with van der Waals surface area (Å²) in [6.07, 6.45) is 0.726. The molecule has 0 amide bonds. The van der Waals surface area contributed by atoms with Crippen LogP contribution in [0.3, 0.4) is 0 Å². The number of aromatic amines is 1. The van der Waals surface area contributed by atoms with Gasteiger partial charge in [0, 0.05) is 0 Å². The first kappa shape index (κ1) is 13.9. The fourth-order valence-corrected chi connectivity index (χ4v) is 1.60. The lowest BCUT2D eigenvalue weighted by Crippen LogP contribution is -2.23. The van der Waals surface area contributed by atoms with Crippen molar-refractivity contribution in [2.75, 3.05) is 18.3 Å². The van der Waals surface area contributed by atoms with Crippen LogP contribution in [0.1, 0.15) is 0 Å². The SMILES string of the molecule is O=c1[nH]c(NP)nc2c1ncn2COC(CO)CO. The molecule has 2 aromatic heterocycles. The van der Waals surface area contributed by atoms with Crippen LogP contribution in [0.2, 0.25) is 0 Å². The maximum atomic E-state index is 11.7. The number of nitrogens with zero attached hydrogens (tertiary/aromatic N) is 3.